The quantitative estimate of drug-likeness (QED) is 0.720. The summed E-state index contributed by atoms with van der Waals surface area (Å²) in [6, 6.07) is 13.1. The highest BCUT2D eigenvalue weighted by atomic mass is 16.5. The first-order valence-electron chi connectivity index (χ1n) is 11.1. The molecule has 170 valence electrons. The van der Waals surface area contributed by atoms with Crippen LogP contribution in [0.3, 0.4) is 0 Å². The normalized spacial score (nSPS) is 20.5. The molecule has 7 heteroatoms. The lowest BCUT2D eigenvalue weighted by molar-refractivity contribution is -0.117. The van der Waals surface area contributed by atoms with E-state index in [2.05, 4.69) is 17.1 Å². The Morgan fingerprint density at radius 2 is 1.78 bits per heavy atom. The van der Waals surface area contributed by atoms with Gasteiger partial charge >= 0.3 is 0 Å². The maximum Gasteiger partial charge on any atom is 0.254 e. The molecule has 1 aliphatic carbocycles. The zero-order valence-electron chi connectivity index (χ0n) is 19.0. The van der Waals surface area contributed by atoms with E-state index in [0.717, 1.165) is 43.1 Å². The first-order valence-corrected chi connectivity index (χ1v) is 11.1. The number of ether oxygens (including phenoxy) is 2. The number of amides is 2. The number of rotatable bonds is 7. The SMILES string of the molecule is COc1ccc(OC)c(CN2CCN(C(=O)c3cccc(NC(=O)C4CC4C)c3)CC2)c1. The molecule has 0 spiro atoms. The predicted molar refractivity (Wildman–Crippen MR) is 123 cm³/mol. The zero-order valence-corrected chi connectivity index (χ0v) is 19.0. The number of methoxy groups -OCH3 is 2. The van der Waals surface area contributed by atoms with Crippen molar-refractivity contribution < 1.29 is 19.1 Å². The van der Waals surface area contributed by atoms with Gasteiger partial charge in [0.2, 0.25) is 5.91 Å². The van der Waals surface area contributed by atoms with Gasteiger partial charge in [0.1, 0.15) is 11.5 Å². The number of carbonyl (C=O) groups is 2. The maximum absolute atomic E-state index is 13.0. The molecule has 1 saturated heterocycles. The Morgan fingerprint density at radius 3 is 2.44 bits per heavy atom. The van der Waals surface area contributed by atoms with E-state index >= 15 is 0 Å². The Morgan fingerprint density at radius 1 is 1.03 bits per heavy atom. The minimum atomic E-state index is -0.000463. The predicted octanol–water partition coefficient (Wildman–Crippen LogP) is 3.26. The van der Waals surface area contributed by atoms with Crippen LogP contribution in [0.25, 0.3) is 0 Å². The van der Waals surface area contributed by atoms with Crippen LogP contribution < -0.4 is 14.8 Å². The van der Waals surface area contributed by atoms with Crippen LogP contribution in [0.5, 0.6) is 11.5 Å². The first kappa shape index (κ1) is 22.1. The Bertz CT molecular complexity index is 985. The lowest BCUT2D eigenvalue weighted by atomic mass is 10.1. The molecule has 1 N–H and O–H groups in total. The van der Waals surface area contributed by atoms with Crippen LogP contribution in [0.1, 0.15) is 29.3 Å². The number of benzene rings is 2. The highest BCUT2D eigenvalue weighted by molar-refractivity contribution is 5.98. The molecule has 0 aromatic heterocycles. The molecule has 1 aliphatic heterocycles. The van der Waals surface area contributed by atoms with Crippen molar-refractivity contribution in [2.24, 2.45) is 11.8 Å². The average Bonchev–Trinajstić information content (AvgIpc) is 3.56. The lowest BCUT2D eigenvalue weighted by Gasteiger charge is -2.35. The van der Waals surface area contributed by atoms with E-state index in [-0.39, 0.29) is 17.7 Å². The zero-order chi connectivity index (χ0) is 22.7. The Balaban J connectivity index is 1.34. The fourth-order valence-corrected chi connectivity index (χ4v) is 4.19. The van der Waals surface area contributed by atoms with Crippen LogP contribution in [0.15, 0.2) is 42.5 Å². The smallest absolute Gasteiger partial charge is 0.254 e. The molecule has 1 heterocycles. The highest BCUT2D eigenvalue weighted by Crippen LogP contribution is 2.38. The van der Waals surface area contributed by atoms with Gasteiger partial charge in [0.05, 0.1) is 14.2 Å². The van der Waals surface area contributed by atoms with Gasteiger partial charge in [-0.2, -0.15) is 0 Å². The summed E-state index contributed by atoms with van der Waals surface area (Å²) in [7, 11) is 3.33. The van der Waals surface area contributed by atoms with Gasteiger partial charge in [0.25, 0.3) is 5.91 Å². The molecule has 4 rings (SSSR count). The van der Waals surface area contributed by atoms with E-state index in [9.17, 15) is 9.59 Å². The molecule has 2 fully saturated rings. The van der Waals surface area contributed by atoms with Crippen LogP contribution in [-0.2, 0) is 11.3 Å². The molecule has 1 saturated carbocycles. The van der Waals surface area contributed by atoms with Crippen LogP contribution in [0, 0.1) is 11.8 Å². The summed E-state index contributed by atoms with van der Waals surface area (Å²) < 4.78 is 10.8. The third-order valence-corrected chi connectivity index (χ3v) is 6.36. The largest absolute Gasteiger partial charge is 0.497 e. The van der Waals surface area contributed by atoms with E-state index in [1.54, 1.807) is 20.3 Å². The third kappa shape index (κ3) is 5.05. The molecule has 32 heavy (non-hydrogen) atoms. The molecule has 2 unspecified atom stereocenters. The Labute approximate surface area is 189 Å². The molecule has 2 aromatic rings. The maximum atomic E-state index is 13.0. The summed E-state index contributed by atoms with van der Waals surface area (Å²) in [5, 5.41) is 2.95. The summed E-state index contributed by atoms with van der Waals surface area (Å²) in [5.74, 6) is 2.24. The molecular formula is C25H31N3O4. The molecule has 2 aromatic carbocycles. The number of nitrogens with one attached hydrogen (secondary N) is 1. The Hall–Kier alpha value is -3.06. The second-order valence-corrected chi connectivity index (χ2v) is 8.64. The van der Waals surface area contributed by atoms with Gasteiger partial charge in [-0.05, 0) is 48.7 Å². The fraction of sp³-hybridized carbons (Fsp3) is 0.440. The number of piperazine rings is 1. The van der Waals surface area contributed by atoms with Crippen molar-refractivity contribution in [2.75, 3.05) is 45.7 Å². The van der Waals surface area contributed by atoms with E-state index < -0.39 is 0 Å². The molecule has 2 amide bonds. The third-order valence-electron chi connectivity index (χ3n) is 6.36. The minimum Gasteiger partial charge on any atom is -0.497 e. The molecule has 2 aliphatic rings. The van der Waals surface area contributed by atoms with Crippen molar-refractivity contribution in [1.82, 2.24) is 9.80 Å². The van der Waals surface area contributed by atoms with Crippen LogP contribution >= 0.6 is 0 Å². The molecule has 2 atom stereocenters. The van der Waals surface area contributed by atoms with E-state index in [1.165, 1.54) is 0 Å². The molecule has 0 radical (unpaired) electrons. The fourth-order valence-electron chi connectivity index (χ4n) is 4.19. The first-order chi connectivity index (χ1) is 15.5. The topological polar surface area (TPSA) is 71.1 Å². The standard InChI is InChI=1S/C25H31N3O4/c1-17-13-22(17)24(29)26-20-6-4-5-18(14-20)25(30)28-11-9-27(10-12-28)16-19-15-21(31-2)7-8-23(19)32-3/h4-8,14-15,17,22H,9-13,16H2,1-3H3,(H,26,29). The Kier molecular flexibility index (Phi) is 6.65. The number of hydrogen-bond donors (Lipinski definition) is 1. The van der Waals surface area contributed by atoms with Gasteiger partial charge in [-0.25, -0.2) is 0 Å². The summed E-state index contributed by atoms with van der Waals surface area (Å²) in [4.78, 5) is 29.4. The van der Waals surface area contributed by atoms with Crippen molar-refractivity contribution in [1.29, 1.82) is 0 Å². The van der Waals surface area contributed by atoms with E-state index in [1.807, 2.05) is 41.3 Å². The monoisotopic (exact) mass is 437 g/mol. The van der Waals surface area contributed by atoms with E-state index in [0.29, 0.717) is 30.3 Å². The van der Waals surface area contributed by atoms with Crippen molar-refractivity contribution >= 4 is 17.5 Å². The molecule has 7 nitrogen and oxygen atoms in total. The second kappa shape index (κ2) is 9.61. The number of nitrogens with zero attached hydrogens (tertiary/aromatic N) is 2. The summed E-state index contributed by atoms with van der Waals surface area (Å²) in [6.07, 6.45) is 0.941. The molecular weight excluding hydrogens is 406 g/mol. The number of carbonyl (C=O) groups excluding carboxylic acids is 2. The average molecular weight is 438 g/mol. The summed E-state index contributed by atoms with van der Waals surface area (Å²) in [5.41, 5.74) is 2.36. The lowest BCUT2D eigenvalue weighted by Crippen LogP contribution is -2.48. The van der Waals surface area contributed by atoms with Crippen LogP contribution in [-0.4, -0.2) is 62.0 Å². The minimum absolute atomic E-state index is 0.000463. The second-order valence-electron chi connectivity index (χ2n) is 8.64. The van der Waals surface area contributed by atoms with Crippen molar-refractivity contribution in [2.45, 2.75) is 19.9 Å². The van der Waals surface area contributed by atoms with Crippen molar-refractivity contribution in [3.8, 4) is 11.5 Å². The van der Waals surface area contributed by atoms with Crippen LogP contribution in [0.2, 0.25) is 0 Å². The summed E-state index contributed by atoms with van der Waals surface area (Å²) in [6.45, 7) is 5.69. The van der Waals surface area contributed by atoms with Gasteiger partial charge in [0, 0.05) is 55.5 Å². The highest BCUT2D eigenvalue weighted by Gasteiger charge is 2.39. The van der Waals surface area contributed by atoms with Crippen molar-refractivity contribution in [3.05, 3.63) is 53.6 Å². The molecule has 0 bridgehead atoms. The van der Waals surface area contributed by atoms with Gasteiger partial charge in [0.15, 0.2) is 0 Å². The van der Waals surface area contributed by atoms with Gasteiger partial charge in [-0.1, -0.05) is 13.0 Å². The number of anilines is 1. The van der Waals surface area contributed by atoms with Crippen LogP contribution in [0.4, 0.5) is 5.69 Å². The van der Waals surface area contributed by atoms with Gasteiger partial charge in [-0.15, -0.1) is 0 Å². The van der Waals surface area contributed by atoms with Gasteiger partial charge in [-0.3, -0.25) is 14.5 Å². The summed E-state index contributed by atoms with van der Waals surface area (Å²) >= 11 is 0. The number of hydrogen-bond acceptors (Lipinski definition) is 5. The van der Waals surface area contributed by atoms with Gasteiger partial charge < -0.3 is 19.7 Å². The van der Waals surface area contributed by atoms with Crippen molar-refractivity contribution in [3.63, 3.8) is 0 Å². The van der Waals surface area contributed by atoms with E-state index in [4.69, 9.17) is 9.47 Å².